The third kappa shape index (κ3) is 5.02. The number of hydrogen-bond donors (Lipinski definition) is 1. The van der Waals surface area contributed by atoms with Crippen molar-refractivity contribution in [1.82, 2.24) is 10.2 Å². The molecule has 118 valence electrons. The molecule has 1 aliphatic rings. The largest absolute Gasteiger partial charge is 0.484 e. The maximum Gasteiger partial charge on any atom is 0.260 e. The van der Waals surface area contributed by atoms with E-state index in [-0.39, 0.29) is 36.0 Å². The Balaban J connectivity index is 0.00000220. The highest BCUT2D eigenvalue weighted by atomic mass is 35.5. The zero-order valence-corrected chi connectivity index (χ0v) is 13.3. The van der Waals surface area contributed by atoms with Gasteiger partial charge in [0.05, 0.1) is 5.02 Å². The van der Waals surface area contributed by atoms with Crippen LogP contribution in [0.25, 0.3) is 0 Å². The standard InChI is InChI=1S/C14H18ClFN2O2.ClH/c1-18(10-4-6-17-7-5-10)14(19)9-20-11-2-3-13(16)12(15)8-11;/h2-3,8,10,17H,4-7,9H2,1H3;1H. The fraction of sp³-hybridized carbons (Fsp3) is 0.500. The van der Waals surface area contributed by atoms with Crippen molar-refractivity contribution in [1.29, 1.82) is 0 Å². The summed E-state index contributed by atoms with van der Waals surface area (Å²) in [6.07, 6.45) is 1.90. The van der Waals surface area contributed by atoms with Gasteiger partial charge in [0, 0.05) is 19.2 Å². The molecule has 1 heterocycles. The van der Waals surface area contributed by atoms with E-state index in [4.69, 9.17) is 16.3 Å². The number of nitrogens with zero attached hydrogens (tertiary/aromatic N) is 1. The number of rotatable bonds is 4. The number of carbonyl (C=O) groups excluding carboxylic acids is 1. The summed E-state index contributed by atoms with van der Waals surface area (Å²) in [5.74, 6) is -0.196. The van der Waals surface area contributed by atoms with Crippen LogP contribution in [-0.4, -0.2) is 43.6 Å². The van der Waals surface area contributed by atoms with Crippen molar-refractivity contribution in [3.8, 4) is 5.75 Å². The number of piperidine rings is 1. The Kier molecular flexibility index (Phi) is 7.22. The molecular formula is C14H19Cl2FN2O2. The van der Waals surface area contributed by atoms with E-state index in [9.17, 15) is 9.18 Å². The number of nitrogens with one attached hydrogen (secondary N) is 1. The number of hydrogen-bond acceptors (Lipinski definition) is 3. The Morgan fingerprint density at radius 1 is 1.48 bits per heavy atom. The Bertz CT molecular complexity index is 482. The predicted octanol–water partition coefficient (Wildman–Crippen LogP) is 2.49. The molecule has 1 saturated heterocycles. The Labute approximate surface area is 135 Å². The molecule has 2 rings (SSSR count). The number of amides is 1. The lowest BCUT2D eigenvalue weighted by Gasteiger charge is -2.31. The highest BCUT2D eigenvalue weighted by Gasteiger charge is 2.22. The van der Waals surface area contributed by atoms with Gasteiger partial charge < -0.3 is 15.0 Å². The Morgan fingerprint density at radius 3 is 2.76 bits per heavy atom. The summed E-state index contributed by atoms with van der Waals surface area (Å²) in [7, 11) is 1.79. The van der Waals surface area contributed by atoms with Gasteiger partial charge in [-0.15, -0.1) is 12.4 Å². The van der Waals surface area contributed by atoms with E-state index in [1.165, 1.54) is 18.2 Å². The molecular weight excluding hydrogens is 318 g/mol. The highest BCUT2D eigenvalue weighted by Crippen LogP contribution is 2.21. The lowest BCUT2D eigenvalue weighted by molar-refractivity contribution is -0.134. The van der Waals surface area contributed by atoms with Gasteiger partial charge in [-0.25, -0.2) is 4.39 Å². The van der Waals surface area contributed by atoms with Gasteiger partial charge >= 0.3 is 0 Å². The van der Waals surface area contributed by atoms with Gasteiger partial charge in [-0.2, -0.15) is 0 Å². The van der Waals surface area contributed by atoms with Crippen LogP contribution in [0.2, 0.25) is 5.02 Å². The van der Waals surface area contributed by atoms with Crippen molar-refractivity contribution in [3.63, 3.8) is 0 Å². The van der Waals surface area contributed by atoms with Crippen LogP contribution in [0.4, 0.5) is 4.39 Å². The second kappa shape index (κ2) is 8.41. The summed E-state index contributed by atoms with van der Waals surface area (Å²) in [5.41, 5.74) is 0. The van der Waals surface area contributed by atoms with Crippen LogP contribution in [0.1, 0.15) is 12.8 Å². The van der Waals surface area contributed by atoms with Gasteiger partial charge in [0.15, 0.2) is 6.61 Å². The van der Waals surface area contributed by atoms with Crippen molar-refractivity contribution in [3.05, 3.63) is 29.0 Å². The maximum absolute atomic E-state index is 13.0. The Morgan fingerprint density at radius 2 is 2.14 bits per heavy atom. The SMILES string of the molecule is CN(C(=O)COc1ccc(F)c(Cl)c1)C1CCNCC1.Cl. The first-order chi connectivity index (χ1) is 9.58. The topological polar surface area (TPSA) is 41.6 Å². The molecule has 0 bridgehead atoms. The van der Waals surface area contributed by atoms with Crippen LogP contribution in [0.5, 0.6) is 5.75 Å². The number of ether oxygens (including phenoxy) is 1. The second-order valence-corrected chi connectivity index (χ2v) is 5.26. The van der Waals surface area contributed by atoms with E-state index in [1.807, 2.05) is 0 Å². The summed E-state index contributed by atoms with van der Waals surface area (Å²) in [4.78, 5) is 13.8. The van der Waals surface area contributed by atoms with Crippen molar-refractivity contribution < 1.29 is 13.9 Å². The van der Waals surface area contributed by atoms with Crippen molar-refractivity contribution in [2.45, 2.75) is 18.9 Å². The molecule has 0 aliphatic carbocycles. The van der Waals surface area contributed by atoms with Crippen LogP contribution >= 0.6 is 24.0 Å². The highest BCUT2D eigenvalue weighted by molar-refractivity contribution is 6.30. The minimum atomic E-state index is -0.503. The fourth-order valence-electron chi connectivity index (χ4n) is 2.21. The summed E-state index contributed by atoms with van der Waals surface area (Å²) >= 11 is 5.66. The predicted molar refractivity (Wildman–Crippen MR) is 82.8 cm³/mol. The van der Waals surface area contributed by atoms with E-state index in [2.05, 4.69) is 5.32 Å². The minimum absolute atomic E-state index is 0. The molecule has 1 aliphatic heterocycles. The van der Waals surface area contributed by atoms with Gasteiger partial charge in [-0.1, -0.05) is 11.6 Å². The third-order valence-electron chi connectivity index (χ3n) is 3.50. The zero-order chi connectivity index (χ0) is 14.5. The smallest absolute Gasteiger partial charge is 0.260 e. The normalized spacial score (nSPS) is 15.2. The van der Waals surface area contributed by atoms with Gasteiger partial charge in [0.1, 0.15) is 11.6 Å². The Hall–Kier alpha value is -1.04. The average molecular weight is 337 g/mol. The number of likely N-dealkylation sites (N-methyl/N-ethyl adjacent to an activating group) is 1. The van der Waals surface area contributed by atoms with E-state index in [0.717, 1.165) is 25.9 Å². The first kappa shape index (κ1) is 18.0. The lowest BCUT2D eigenvalue weighted by atomic mass is 10.1. The van der Waals surface area contributed by atoms with Crippen molar-refractivity contribution in [2.75, 3.05) is 26.7 Å². The fourth-order valence-corrected chi connectivity index (χ4v) is 2.38. The molecule has 0 spiro atoms. The summed E-state index contributed by atoms with van der Waals surface area (Å²) in [6, 6.07) is 4.30. The van der Waals surface area contributed by atoms with Crippen LogP contribution in [-0.2, 0) is 4.79 Å². The van der Waals surface area contributed by atoms with Crippen LogP contribution in [0, 0.1) is 5.82 Å². The first-order valence-electron chi connectivity index (χ1n) is 6.62. The lowest BCUT2D eigenvalue weighted by Crippen LogP contribution is -2.45. The number of halogens is 3. The average Bonchev–Trinajstić information content (AvgIpc) is 2.48. The van der Waals surface area contributed by atoms with Gasteiger partial charge in [0.2, 0.25) is 0 Å². The first-order valence-corrected chi connectivity index (χ1v) is 7.00. The molecule has 0 saturated carbocycles. The molecule has 1 aromatic rings. The van der Waals surface area contributed by atoms with E-state index in [1.54, 1.807) is 11.9 Å². The molecule has 0 radical (unpaired) electrons. The maximum atomic E-state index is 13.0. The summed E-state index contributed by atoms with van der Waals surface area (Å²) in [5, 5.41) is 3.25. The molecule has 7 heteroatoms. The second-order valence-electron chi connectivity index (χ2n) is 4.85. The molecule has 21 heavy (non-hydrogen) atoms. The van der Waals surface area contributed by atoms with Crippen molar-refractivity contribution >= 4 is 29.9 Å². The molecule has 0 atom stereocenters. The van der Waals surface area contributed by atoms with Crippen LogP contribution < -0.4 is 10.1 Å². The van der Waals surface area contributed by atoms with Gasteiger partial charge in [-0.3, -0.25) is 4.79 Å². The minimum Gasteiger partial charge on any atom is -0.484 e. The molecule has 0 aromatic heterocycles. The zero-order valence-electron chi connectivity index (χ0n) is 11.8. The number of benzene rings is 1. The number of carbonyl (C=O) groups is 1. The third-order valence-corrected chi connectivity index (χ3v) is 3.79. The van der Waals surface area contributed by atoms with E-state index in [0.29, 0.717) is 5.75 Å². The van der Waals surface area contributed by atoms with Crippen LogP contribution in [0.3, 0.4) is 0 Å². The van der Waals surface area contributed by atoms with E-state index < -0.39 is 5.82 Å². The quantitative estimate of drug-likeness (QED) is 0.918. The van der Waals surface area contributed by atoms with Crippen LogP contribution in [0.15, 0.2) is 18.2 Å². The monoisotopic (exact) mass is 336 g/mol. The molecule has 4 nitrogen and oxygen atoms in total. The van der Waals surface area contributed by atoms with Crippen molar-refractivity contribution in [2.24, 2.45) is 0 Å². The van der Waals surface area contributed by atoms with Gasteiger partial charge in [-0.05, 0) is 38.1 Å². The summed E-state index contributed by atoms with van der Waals surface area (Å²) in [6.45, 7) is 1.79. The summed E-state index contributed by atoms with van der Waals surface area (Å²) < 4.78 is 18.4. The molecule has 1 amide bonds. The molecule has 1 fully saturated rings. The molecule has 0 unspecified atom stereocenters. The van der Waals surface area contributed by atoms with E-state index >= 15 is 0 Å². The molecule has 1 aromatic carbocycles. The molecule has 1 N–H and O–H groups in total. The van der Waals surface area contributed by atoms with Gasteiger partial charge in [0.25, 0.3) is 5.91 Å².